The number of aryl methyl sites for hydroxylation is 1. The summed E-state index contributed by atoms with van der Waals surface area (Å²) in [5, 5.41) is 11.6. The molecule has 1 N–H and O–H groups in total. The van der Waals surface area contributed by atoms with E-state index in [0.29, 0.717) is 12.6 Å². The Morgan fingerprint density at radius 2 is 2.20 bits per heavy atom. The molecule has 1 aliphatic heterocycles. The Hall–Kier alpha value is -1.21. The fraction of sp³-hybridized carbons (Fsp3) is 0.692. The smallest absolute Gasteiger partial charge is 0.151 e. The van der Waals surface area contributed by atoms with E-state index in [-0.39, 0.29) is 5.75 Å². The van der Waals surface area contributed by atoms with Gasteiger partial charge in [0.2, 0.25) is 0 Å². The molecule has 112 valence electrons. The summed E-state index contributed by atoms with van der Waals surface area (Å²) in [7, 11) is -2.89. The number of nitrogens with one attached hydrogen (secondary N) is 1. The Morgan fingerprint density at radius 3 is 2.85 bits per heavy atom. The quantitative estimate of drug-likeness (QED) is 0.847. The normalized spacial score (nSPS) is 20.1. The van der Waals surface area contributed by atoms with Crippen LogP contribution in [0.3, 0.4) is 0 Å². The summed E-state index contributed by atoms with van der Waals surface area (Å²) in [6.07, 6.45) is 3.41. The molecule has 1 atom stereocenters. The number of sulfone groups is 1. The van der Waals surface area contributed by atoms with Gasteiger partial charge >= 0.3 is 0 Å². The lowest BCUT2D eigenvalue weighted by Gasteiger charge is -2.33. The molecule has 2 heterocycles. The molecule has 0 bridgehead atoms. The minimum absolute atomic E-state index is 0.188. The van der Waals surface area contributed by atoms with Crippen LogP contribution in [0.15, 0.2) is 12.1 Å². The Labute approximate surface area is 120 Å². The summed E-state index contributed by atoms with van der Waals surface area (Å²) in [4.78, 5) is 2.20. The van der Waals surface area contributed by atoms with E-state index in [9.17, 15) is 8.42 Å². The van der Waals surface area contributed by atoms with Crippen molar-refractivity contribution in [1.29, 1.82) is 0 Å². The molecule has 7 heteroatoms. The van der Waals surface area contributed by atoms with Gasteiger partial charge in [0, 0.05) is 31.9 Å². The predicted molar refractivity (Wildman–Crippen MR) is 79.7 cm³/mol. The van der Waals surface area contributed by atoms with Crippen LogP contribution in [0.4, 0.5) is 5.82 Å². The molecule has 1 fully saturated rings. The molecule has 1 aromatic rings. The van der Waals surface area contributed by atoms with Gasteiger partial charge in [-0.1, -0.05) is 0 Å². The lowest BCUT2D eigenvalue weighted by Crippen LogP contribution is -2.47. The van der Waals surface area contributed by atoms with Crippen LogP contribution >= 0.6 is 0 Å². The van der Waals surface area contributed by atoms with Gasteiger partial charge in [0.05, 0.1) is 11.4 Å². The maximum absolute atomic E-state index is 11.1. The van der Waals surface area contributed by atoms with Crippen molar-refractivity contribution in [3.63, 3.8) is 0 Å². The molecule has 0 radical (unpaired) electrons. The number of hydrogen-bond donors (Lipinski definition) is 1. The molecule has 0 aromatic carbocycles. The Kier molecular flexibility index (Phi) is 4.93. The molecule has 0 spiro atoms. The molecule has 0 saturated carbocycles. The third-order valence-electron chi connectivity index (χ3n) is 3.44. The summed E-state index contributed by atoms with van der Waals surface area (Å²) >= 11 is 0. The number of anilines is 1. The van der Waals surface area contributed by atoms with Gasteiger partial charge in [-0.05, 0) is 31.9 Å². The number of hydrogen-bond acceptors (Lipinski definition) is 6. The van der Waals surface area contributed by atoms with Crippen LogP contribution < -0.4 is 10.2 Å². The molecule has 0 amide bonds. The van der Waals surface area contributed by atoms with Crippen LogP contribution in [0.1, 0.15) is 18.5 Å². The zero-order chi connectivity index (χ0) is 14.6. The van der Waals surface area contributed by atoms with Gasteiger partial charge < -0.3 is 10.2 Å². The molecule has 1 aromatic heterocycles. The van der Waals surface area contributed by atoms with Crippen LogP contribution in [0.25, 0.3) is 0 Å². The van der Waals surface area contributed by atoms with E-state index in [1.807, 2.05) is 19.1 Å². The van der Waals surface area contributed by atoms with Crippen LogP contribution in [0.5, 0.6) is 0 Å². The van der Waals surface area contributed by atoms with Gasteiger partial charge in [0.25, 0.3) is 0 Å². The fourth-order valence-corrected chi connectivity index (χ4v) is 2.85. The minimum Gasteiger partial charge on any atom is -0.354 e. The number of nitrogens with zero attached hydrogens (tertiary/aromatic N) is 3. The van der Waals surface area contributed by atoms with E-state index in [0.717, 1.165) is 37.4 Å². The van der Waals surface area contributed by atoms with Crippen LogP contribution in [0.2, 0.25) is 0 Å². The first-order valence-electron chi connectivity index (χ1n) is 6.90. The van der Waals surface area contributed by atoms with Crippen molar-refractivity contribution in [3.8, 4) is 0 Å². The lowest BCUT2D eigenvalue weighted by molar-refractivity contribution is 0.429. The number of piperidine rings is 1. The second-order valence-corrected chi connectivity index (χ2v) is 7.66. The van der Waals surface area contributed by atoms with Crippen LogP contribution in [0, 0.1) is 6.92 Å². The summed E-state index contributed by atoms with van der Waals surface area (Å²) in [5.41, 5.74) is 0.911. The Balaban J connectivity index is 1.87. The van der Waals surface area contributed by atoms with Crippen molar-refractivity contribution in [2.45, 2.75) is 25.8 Å². The van der Waals surface area contributed by atoms with Crippen LogP contribution in [-0.4, -0.2) is 56.3 Å². The lowest BCUT2D eigenvalue weighted by atomic mass is 10.1. The highest BCUT2D eigenvalue weighted by molar-refractivity contribution is 7.90. The third-order valence-corrected chi connectivity index (χ3v) is 4.38. The van der Waals surface area contributed by atoms with E-state index >= 15 is 0 Å². The average Bonchev–Trinajstić information content (AvgIpc) is 2.38. The molecule has 2 rings (SSSR count). The van der Waals surface area contributed by atoms with E-state index < -0.39 is 9.84 Å². The third kappa shape index (κ3) is 4.72. The standard InChI is InChI=1S/C13H22N4O2S/c1-11-5-6-13(16-15-11)17-8-3-4-12(10-17)14-7-9-20(2,18)19/h5-6,12,14H,3-4,7-10H2,1-2H3. The van der Waals surface area contributed by atoms with E-state index in [2.05, 4.69) is 20.4 Å². The zero-order valence-corrected chi connectivity index (χ0v) is 12.9. The summed E-state index contributed by atoms with van der Waals surface area (Å²) in [6.45, 7) is 4.25. The largest absolute Gasteiger partial charge is 0.354 e. The van der Waals surface area contributed by atoms with E-state index in [1.165, 1.54) is 6.26 Å². The van der Waals surface area contributed by atoms with Crippen molar-refractivity contribution >= 4 is 15.7 Å². The summed E-state index contributed by atoms with van der Waals surface area (Å²) in [6, 6.07) is 4.26. The molecule has 0 aliphatic carbocycles. The highest BCUT2D eigenvalue weighted by Gasteiger charge is 2.20. The monoisotopic (exact) mass is 298 g/mol. The molecule has 6 nitrogen and oxygen atoms in total. The van der Waals surface area contributed by atoms with Crippen molar-refractivity contribution in [1.82, 2.24) is 15.5 Å². The fourth-order valence-electron chi connectivity index (χ4n) is 2.36. The maximum Gasteiger partial charge on any atom is 0.151 e. The van der Waals surface area contributed by atoms with Crippen molar-refractivity contribution in [2.75, 3.05) is 36.5 Å². The highest BCUT2D eigenvalue weighted by Crippen LogP contribution is 2.17. The summed E-state index contributed by atoms with van der Waals surface area (Å²) in [5.74, 6) is 1.08. The first kappa shape index (κ1) is 15.2. The van der Waals surface area contributed by atoms with Gasteiger partial charge in [0.15, 0.2) is 5.82 Å². The van der Waals surface area contributed by atoms with Crippen LogP contribution in [-0.2, 0) is 9.84 Å². The SMILES string of the molecule is Cc1ccc(N2CCCC(NCCS(C)(=O)=O)C2)nn1. The molecule has 1 saturated heterocycles. The molecule has 1 aliphatic rings. The van der Waals surface area contributed by atoms with Gasteiger partial charge in [0.1, 0.15) is 9.84 Å². The van der Waals surface area contributed by atoms with E-state index in [4.69, 9.17) is 0 Å². The highest BCUT2D eigenvalue weighted by atomic mass is 32.2. The predicted octanol–water partition coefficient (Wildman–Crippen LogP) is 0.388. The summed E-state index contributed by atoms with van der Waals surface area (Å²) < 4.78 is 22.2. The number of rotatable bonds is 5. The van der Waals surface area contributed by atoms with E-state index in [1.54, 1.807) is 0 Å². The molecule has 1 unspecified atom stereocenters. The second-order valence-electron chi connectivity index (χ2n) is 5.40. The van der Waals surface area contributed by atoms with Gasteiger partial charge in [-0.2, -0.15) is 5.10 Å². The van der Waals surface area contributed by atoms with Gasteiger partial charge in [-0.25, -0.2) is 8.42 Å². The van der Waals surface area contributed by atoms with Gasteiger partial charge in [-0.3, -0.25) is 0 Å². The molecular weight excluding hydrogens is 276 g/mol. The Bertz CT molecular complexity index is 530. The zero-order valence-electron chi connectivity index (χ0n) is 12.0. The molecule has 20 heavy (non-hydrogen) atoms. The Morgan fingerprint density at radius 1 is 1.40 bits per heavy atom. The number of aromatic nitrogens is 2. The first-order valence-corrected chi connectivity index (χ1v) is 8.96. The molecular formula is C13H22N4O2S. The maximum atomic E-state index is 11.1. The van der Waals surface area contributed by atoms with Gasteiger partial charge in [-0.15, -0.1) is 5.10 Å². The minimum atomic E-state index is -2.89. The van der Waals surface area contributed by atoms with Crippen molar-refractivity contribution < 1.29 is 8.42 Å². The van der Waals surface area contributed by atoms with Crippen molar-refractivity contribution in [2.24, 2.45) is 0 Å². The first-order chi connectivity index (χ1) is 9.44. The topological polar surface area (TPSA) is 75.2 Å². The van der Waals surface area contributed by atoms with Crippen molar-refractivity contribution in [3.05, 3.63) is 17.8 Å². The average molecular weight is 298 g/mol. The second kappa shape index (κ2) is 6.49.